The standard InChI is InChI=1S/C67H81Cl2N7O20/c1-6-17-72-64(89)55-38-23-36(78)24-45(81)54(38)37-18-33(9-12-43(37)79)27-74-65(90)56-35-21-48(92-46-14-10-32(19-39(46)68)8-13-44(55)80)60(96-66-61(59(86)58(85)50(29-77)94-66)95-53-26-67(5,71)62(87)31(4)91-53)49(22-35)93-47-15-11-34(20-40(47)69)57(84)42(75-52(83)16-7-30(2)3)28-73-41(25-51(70)82)63(88)76-56/h9-12,14-15,18-24,30-31,41-42,50,53,55-59,61-62,66,73,77-79,81,84-87H,6-8,13,16-17,25-29,71H2,1-5H3,(H2,70,82)(H,72,89)(H,74,90)(H,75,83)(H,76,88)/t31?,41-,42-,50?,53?,55+,56+,57+,58?,59?,61?,62?,66?,67?/m0/s1. The Bertz CT molecular complexity index is 3710. The summed E-state index contributed by atoms with van der Waals surface area (Å²) in [6, 6.07) is 12.4. The van der Waals surface area contributed by atoms with Crippen molar-refractivity contribution in [3.05, 3.63) is 117 Å². The van der Waals surface area contributed by atoms with Gasteiger partial charge in [0.1, 0.15) is 70.9 Å². The molecule has 5 amide bonds. The van der Waals surface area contributed by atoms with E-state index < -0.39 is 174 Å². The second-order valence-electron chi connectivity index (χ2n) is 25.2. The predicted octanol–water partition coefficient (Wildman–Crippen LogP) is 4.18. The summed E-state index contributed by atoms with van der Waals surface area (Å²) in [5.74, 6) is -9.70. The molecule has 0 spiro atoms. The minimum absolute atomic E-state index is 0.0523. The summed E-state index contributed by atoms with van der Waals surface area (Å²) in [4.78, 5) is 86.0. The Kier molecular flexibility index (Phi) is 23.4. The van der Waals surface area contributed by atoms with E-state index in [2.05, 4.69) is 26.6 Å². The molecule has 11 rings (SSSR count). The number of aliphatic hydroxyl groups is 5. The molecule has 6 aliphatic rings. The molecular formula is C67H81Cl2N7O20. The van der Waals surface area contributed by atoms with Crippen LogP contribution in [0.15, 0.2) is 78.9 Å². The number of amides is 5. The Hall–Kier alpha value is -7.90. The summed E-state index contributed by atoms with van der Waals surface area (Å²) in [6.45, 7) is 7.19. The van der Waals surface area contributed by atoms with Gasteiger partial charge in [-0.05, 0) is 121 Å². The van der Waals surface area contributed by atoms with Crippen molar-refractivity contribution < 1.29 is 98.0 Å². The predicted molar refractivity (Wildman–Crippen MR) is 346 cm³/mol. The van der Waals surface area contributed by atoms with E-state index in [1.807, 2.05) is 13.8 Å². The monoisotopic (exact) mass is 1370 g/mol. The molecule has 2 saturated heterocycles. The fourth-order valence-electron chi connectivity index (χ4n) is 11.9. The molecular weight excluding hydrogens is 1290 g/mol. The Morgan fingerprint density at radius 2 is 1.51 bits per heavy atom. The number of aromatic hydroxyl groups is 3. The molecule has 17 N–H and O–H groups in total. The lowest BCUT2D eigenvalue weighted by molar-refractivity contribution is -0.333. The van der Waals surface area contributed by atoms with Crippen LogP contribution in [0, 0.1) is 5.92 Å². The molecule has 0 aliphatic carbocycles. The van der Waals surface area contributed by atoms with Crippen LogP contribution in [0.4, 0.5) is 0 Å². The van der Waals surface area contributed by atoms with Gasteiger partial charge < -0.3 is 107 Å². The van der Waals surface area contributed by atoms with Crippen LogP contribution in [0.5, 0.6) is 46.0 Å². The maximum Gasteiger partial charge on any atom is 0.247 e. The number of aryl methyl sites for hydroxylation is 1. The molecule has 6 heterocycles. The van der Waals surface area contributed by atoms with Crippen molar-refractivity contribution in [2.75, 3.05) is 19.7 Å². The first-order chi connectivity index (χ1) is 45.5. The average molecular weight is 1380 g/mol. The summed E-state index contributed by atoms with van der Waals surface area (Å²) in [6.07, 6.45) is -14.2. The van der Waals surface area contributed by atoms with Gasteiger partial charge in [0.05, 0.1) is 47.4 Å². The van der Waals surface area contributed by atoms with E-state index in [0.29, 0.717) is 18.4 Å². The SMILES string of the molecule is CCCNC(=O)[C@H]1C(=O)CCc2ccc(c(Cl)c2)Oc2cc3cc(c2OC2OC(CO)C(O)C(O)C2OC2CC(C)(N)C(O)C(C)O2)Oc2ccc(cc2Cl)[C@@H](O)[C@@H](NC(=O)CCC(C)C)CN[C@@H](CC(N)=O)C(=O)N[C@H]3C(=O)NCc2ccc(O)c(c2)-c2c(O)cc(O)cc21. The van der Waals surface area contributed by atoms with Crippen LogP contribution in [0.25, 0.3) is 11.1 Å². The number of nitrogens with one attached hydrogen (secondary N) is 5. The molecule has 0 saturated carbocycles. The van der Waals surface area contributed by atoms with Gasteiger partial charge in [0.2, 0.25) is 41.6 Å². The second kappa shape index (κ2) is 31.1. The highest BCUT2D eigenvalue weighted by atomic mass is 35.5. The van der Waals surface area contributed by atoms with Crippen molar-refractivity contribution in [3.8, 4) is 57.1 Å². The van der Waals surface area contributed by atoms with E-state index in [1.54, 1.807) is 20.8 Å². The Labute approximate surface area is 562 Å². The molecule has 29 heteroatoms. The molecule has 9 unspecified atom stereocenters. The van der Waals surface area contributed by atoms with Crippen LogP contribution in [0.3, 0.4) is 0 Å². The summed E-state index contributed by atoms with van der Waals surface area (Å²) >= 11 is 14.2. The largest absolute Gasteiger partial charge is 0.508 e. The van der Waals surface area contributed by atoms with Crippen LogP contribution in [-0.4, -0.2) is 163 Å². The lowest BCUT2D eigenvalue weighted by atomic mass is 9.84. The van der Waals surface area contributed by atoms with Gasteiger partial charge in [-0.3, -0.25) is 28.8 Å². The number of hydrogen-bond donors (Lipinski definition) is 15. The fourth-order valence-corrected chi connectivity index (χ4v) is 12.4. The highest BCUT2D eigenvalue weighted by molar-refractivity contribution is 6.32. The molecule has 96 heavy (non-hydrogen) atoms. The van der Waals surface area contributed by atoms with Gasteiger partial charge >= 0.3 is 0 Å². The third kappa shape index (κ3) is 16.9. The number of primary amides is 1. The van der Waals surface area contributed by atoms with Crippen molar-refractivity contribution in [3.63, 3.8) is 0 Å². The third-order valence-corrected chi connectivity index (χ3v) is 17.7. The number of halogens is 2. The first-order valence-corrected chi connectivity index (χ1v) is 32.2. The quantitative estimate of drug-likeness (QED) is 0.0693. The molecule has 14 atom stereocenters. The smallest absolute Gasteiger partial charge is 0.247 e. The van der Waals surface area contributed by atoms with E-state index >= 15 is 9.59 Å². The van der Waals surface area contributed by atoms with E-state index in [0.717, 1.165) is 12.1 Å². The number of ketones is 1. The summed E-state index contributed by atoms with van der Waals surface area (Å²) in [5, 5.41) is 105. The van der Waals surface area contributed by atoms with Gasteiger partial charge in [0.15, 0.2) is 23.9 Å². The van der Waals surface area contributed by atoms with Crippen LogP contribution >= 0.6 is 23.2 Å². The molecule has 27 nitrogen and oxygen atoms in total. The zero-order valence-electron chi connectivity index (χ0n) is 53.3. The third-order valence-electron chi connectivity index (χ3n) is 17.1. The van der Waals surface area contributed by atoms with Gasteiger partial charge in [-0.2, -0.15) is 0 Å². The van der Waals surface area contributed by atoms with E-state index in [1.165, 1.54) is 66.7 Å². The number of fused-ring (bicyclic) bond motifs is 15. The van der Waals surface area contributed by atoms with Crippen molar-refractivity contribution in [2.24, 2.45) is 17.4 Å². The number of rotatable bonds is 14. The van der Waals surface area contributed by atoms with Crippen LogP contribution in [-0.2, 0) is 55.9 Å². The van der Waals surface area contributed by atoms with Gasteiger partial charge in [0, 0.05) is 61.6 Å². The molecule has 0 aromatic heterocycles. The Morgan fingerprint density at radius 1 is 0.823 bits per heavy atom. The molecule has 0 radical (unpaired) electrons. The number of carbonyl (C=O) groups is 6. The number of benzene rings is 5. The fraction of sp³-hybridized carbons (Fsp3) is 0.463. The van der Waals surface area contributed by atoms with E-state index in [-0.39, 0.29) is 99.6 Å². The first-order valence-electron chi connectivity index (χ1n) is 31.5. The zero-order valence-corrected chi connectivity index (χ0v) is 54.8. The van der Waals surface area contributed by atoms with Crippen LogP contribution in [0.1, 0.15) is 119 Å². The number of aliphatic hydroxyl groups excluding tert-OH is 5. The molecule has 2 fully saturated rings. The number of phenolic OH excluding ortho intramolecular Hbond substituents is 3. The number of Topliss-reactive ketones (excluding diaryl/α,β-unsaturated/α-hetero) is 1. The molecule has 518 valence electrons. The number of ether oxygens (including phenoxy) is 6. The highest BCUT2D eigenvalue weighted by Crippen LogP contribution is 2.49. The second-order valence-corrected chi connectivity index (χ2v) is 26.0. The molecule has 9 bridgehead atoms. The number of carbonyl (C=O) groups excluding carboxylic acids is 6. The maximum atomic E-state index is 15.5. The summed E-state index contributed by atoms with van der Waals surface area (Å²) in [7, 11) is 0. The van der Waals surface area contributed by atoms with E-state index in [4.69, 9.17) is 63.1 Å². The first kappa shape index (κ1) is 72.4. The lowest BCUT2D eigenvalue weighted by Gasteiger charge is -2.47. The van der Waals surface area contributed by atoms with E-state index in [9.17, 15) is 60.0 Å². The average Bonchev–Trinajstić information content (AvgIpc) is 0.805. The van der Waals surface area contributed by atoms with Crippen LogP contribution < -0.4 is 52.3 Å². The number of hydrogen-bond acceptors (Lipinski definition) is 22. The highest BCUT2D eigenvalue weighted by Gasteiger charge is 2.51. The zero-order chi connectivity index (χ0) is 69.6. The van der Waals surface area contributed by atoms with Gasteiger partial charge in [0.25, 0.3) is 0 Å². The van der Waals surface area contributed by atoms with Crippen molar-refractivity contribution in [2.45, 2.75) is 171 Å². The van der Waals surface area contributed by atoms with Crippen LogP contribution in [0.2, 0.25) is 10.0 Å². The van der Waals surface area contributed by atoms with Crippen molar-refractivity contribution in [1.29, 1.82) is 0 Å². The number of phenols is 3. The minimum Gasteiger partial charge on any atom is -0.508 e. The molecule has 6 aliphatic heterocycles. The summed E-state index contributed by atoms with van der Waals surface area (Å²) < 4.78 is 38.7. The Morgan fingerprint density at radius 3 is 2.16 bits per heavy atom. The van der Waals surface area contributed by atoms with Crippen molar-refractivity contribution in [1.82, 2.24) is 26.6 Å². The number of nitrogens with two attached hydrogens (primary N) is 2. The topological polar surface area (TPSA) is 432 Å². The lowest BCUT2D eigenvalue weighted by Crippen LogP contribution is -2.64. The van der Waals surface area contributed by atoms with Gasteiger partial charge in [-0.15, -0.1) is 0 Å². The van der Waals surface area contributed by atoms with Gasteiger partial charge in [-0.1, -0.05) is 62.2 Å². The molecule has 5 aromatic rings. The van der Waals surface area contributed by atoms with Gasteiger partial charge in [-0.25, -0.2) is 0 Å². The maximum absolute atomic E-state index is 15.5. The Balaban J connectivity index is 1.27. The minimum atomic E-state index is -1.93. The molecule has 5 aromatic carbocycles. The van der Waals surface area contributed by atoms with Crippen molar-refractivity contribution >= 4 is 58.5 Å². The summed E-state index contributed by atoms with van der Waals surface area (Å²) in [5.41, 5.74) is 11.1. The normalized spacial score (nSPS) is 27.3.